The zero-order valence-corrected chi connectivity index (χ0v) is 12.8. The van der Waals surface area contributed by atoms with Crippen molar-refractivity contribution in [3.8, 4) is 0 Å². The van der Waals surface area contributed by atoms with Crippen LogP contribution in [0.4, 0.5) is 10.5 Å². The summed E-state index contributed by atoms with van der Waals surface area (Å²) in [5.41, 5.74) is 1.92. The number of nitrogens with one attached hydrogen (secondary N) is 2. The van der Waals surface area contributed by atoms with Crippen LogP contribution in [0.5, 0.6) is 0 Å². The van der Waals surface area contributed by atoms with Crippen LogP contribution >= 0.6 is 11.3 Å². The van der Waals surface area contributed by atoms with E-state index in [0.717, 1.165) is 11.3 Å². The van der Waals surface area contributed by atoms with Crippen LogP contribution < -0.4 is 10.6 Å². The van der Waals surface area contributed by atoms with E-state index in [9.17, 15) is 9.90 Å². The lowest BCUT2D eigenvalue weighted by Gasteiger charge is -2.19. The van der Waals surface area contributed by atoms with Gasteiger partial charge in [-0.15, -0.1) is 0 Å². The average Bonchev–Trinajstić information content (AvgIpc) is 2.97. The van der Waals surface area contributed by atoms with Gasteiger partial charge < -0.3 is 15.7 Å². The van der Waals surface area contributed by atoms with E-state index >= 15 is 0 Å². The summed E-state index contributed by atoms with van der Waals surface area (Å²) in [6, 6.07) is 11.6. The minimum atomic E-state index is -0.406. The van der Waals surface area contributed by atoms with Gasteiger partial charge in [0.05, 0.1) is 11.8 Å². The van der Waals surface area contributed by atoms with E-state index in [-0.39, 0.29) is 11.9 Å². The summed E-state index contributed by atoms with van der Waals surface area (Å²) < 4.78 is 0. The highest BCUT2D eigenvalue weighted by Crippen LogP contribution is 2.20. The normalized spacial score (nSPS) is 13.4. The van der Waals surface area contributed by atoms with E-state index in [1.165, 1.54) is 11.3 Å². The number of thiophene rings is 1. The standard InChI is InChI=1S/C16H20N2O2S/c1-12(19)9-14(13-5-3-2-4-6-13)10-17-16(20)18-15-7-8-21-11-15/h2-8,11-12,14,19H,9-10H2,1H3,(H2,17,18,20). The molecule has 0 aliphatic carbocycles. The predicted octanol–water partition coefficient (Wildman–Crippen LogP) is 3.42. The number of urea groups is 1. The molecule has 2 aromatic rings. The molecule has 4 nitrogen and oxygen atoms in total. The molecule has 3 N–H and O–H groups in total. The third-order valence-corrected chi connectivity index (χ3v) is 3.87. The molecule has 0 saturated heterocycles. The highest BCUT2D eigenvalue weighted by molar-refractivity contribution is 7.08. The molecule has 2 rings (SSSR count). The van der Waals surface area contributed by atoms with Crippen molar-refractivity contribution in [2.45, 2.75) is 25.4 Å². The molecule has 0 fully saturated rings. The Hall–Kier alpha value is -1.85. The zero-order chi connectivity index (χ0) is 15.1. The Morgan fingerprint density at radius 3 is 2.67 bits per heavy atom. The molecule has 21 heavy (non-hydrogen) atoms. The minimum absolute atomic E-state index is 0.0967. The van der Waals surface area contributed by atoms with Crippen molar-refractivity contribution in [3.05, 3.63) is 52.7 Å². The molecule has 0 radical (unpaired) electrons. The van der Waals surface area contributed by atoms with Gasteiger partial charge in [0.1, 0.15) is 0 Å². The van der Waals surface area contributed by atoms with Gasteiger partial charge >= 0.3 is 6.03 Å². The predicted molar refractivity (Wildman–Crippen MR) is 86.8 cm³/mol. The maximum absolute atomic E-state index is 11.9. The van der Waals surface area contributed by atoms with Gasteiger partial charge in [0, 0.05) is 17.8 Å². The van der Waals surface area contributed by atoms with Gasteiger partial charge in [-0.05, 0) is 30.4 Å². The highest BCUT2D eigenvalue weighted by atomic mass is 32.1. The lowest BCUT2D eigenvalue weighted by atomic mass is 9.93. The summed E-state index contributed by atoms with van der Waals surface area (Å²) in [5.74, 6) is 0.0967. The SMILES string of the molecule is CC(O)CC(CNC(=O)Nc1ccsc1)c1ccccc1. The quantitative estimate of drug-likeness (QED) is 0.765. The van der Waals surface area contributed by atoms with Crippen LogP contribution in [-0.4, -0.2) is 23.8 Å². The van der Waals surface area contributed by atoms with Crippen LogP contribution in [0, 0.1) is 0 Å². The maximum Gasteiger partial charge on any atom is 0.319 e. The van der Waals surface area contributed by atoms with Crippen LogP contribution in [0.3, 0.4) is 0 Å². The Morgan fingerprint density at radius 2 is 2.05 bits per heavy atom. The van der Waals surface area contributed by atoms with E-state index < -0.39 is 6.10 Å². The largest absolute Gasteiger partial charge is 0.393 e. The molecular formula is C16H20N2O2S. The van der Waals surface area contributed by atoms with Crippen LogP contribution in [0.1, 0.15) is 24.8 Å². The molecule has 0 bridgehead atoms. The van der Waals surface area contributed by atoms with Crippen molar-refractivity contribution in [1.82, 2.24) is 5.32 Å². The first kappa shape index (κ1) is 15.5. The van der Waals surface area contributed by atoms with Crippen LogP contribution in [0.25, 0.3) is 0 Å². The van der Waals surface area contributed by atoms with E-state index in [1.807, 2.05) is 47.2 Å². The van der Waals surface area contributed by atoms with Gasteiger partial charge in [-0.25, -0.2) is 4.79 Å². The second kappa shape index (κ2) is 7.81. The fourth-order valence-electron chi connectivity index (χ4n) is 2.20. The summed E-state index contributed by atoms with van der Waals surface area (Å²) in [6.07, 6.45) is 0.208. The highest BCUT2D eigenvalue weighted by Gasteiger charge is 2.15. The number of anilines is 1. The third-order valence-electron chi connectivity index (χ3n) is 3.18. The third kappa shape index (κ3) is 5.21. The number of benzene rings is 1. The van der Waals surface area contributed by atoms with E-state index in [2.05, 4.69) is 10.6 Å². The first-order valence-corrected chi connectivity index (χ1v) is 7.89. The molecule has 0 aliphatic heterocycles. The van der Waals surface area contributed by atoms with Gasteiger partial charge in [0.25, 0.3) is 0 Å². The van der Waals surface area contributed by atoms with E-state index in [0.29, 0.717) is 13.0 Å². The Bertz CT molecular complexity index is 541. The van der Waals surface area contributed by atoms with Gasteiger partial charge in [-0.3, -0.25) is 0 Å². The monoisotopic (exact) mass is 304 g/mol. The molecule has 2 amide bonds. The van der Waals surface area contributed by atoms with Crippen molar-refractivity contribution < 1.29 is 9.90 Å². The molecule has 5 heteroatoms. The number of aliphatic hydroxyl groups is 1. The Labute approximate surface area is 128 Å². The summed E-state index contributed by atoms with van der Waals surface area (Å²) in [4.78, 5) is 11.9. The lowest BCUT2D eigenvalue weighted by Crippen LogP contribution is -2.33. The Kier molecular flexibility index (Phi) is 5.78. The molecule has 2 unspecified atom stereocenters. The molecule has 0 aliphatic rings. The number of hydrogen-bond acceptors (Lipinski definition) is 3. The number of hydrogen-bond donors (Lipinski definition) is 3. The fraction of sp³-hybridized carbons (Fsp3) is 0.312. The molecule has 0 saturated carbocycles. The lowest BCUT2D eigenvalue weighted by molar-refractivity contribution is 0.173. The second-order valence-electron chi connectivity index (χ2n) is 5.04. The number of carbonyl (C=O) groups excluding carboxylic acids is 1. The van der Waals surface area contributed by atoms with Crippen molar-refractivity contribution in [1.29, 1.82) is 0 Å². The van der Waals surface area contributed by atoms with E-state index in [1.54, 1.807) is 6.92 Å². The van der Waals surface area contributed by atoms with E-state index in [4.69, 9.17) is 0 Å². The van der Waals surface area contributed by atoms with Crippen LogP contribution in [0.2, 0.25) is 0 Å². The molecular weight excluding hydrogens is 284 g/mol. The van der Waals surface area contributed by atoms with Crippen molar-refractivity contribution in [3.63, 3.8) is 0 Å². The summed E-state index contributed by atoms with van der Waals surface area (Å²) in [6.45, 7) is 2.26. The van der Waals surface area contributed by atoms with Crippen LogP contribution in [-0.2, 0) is 0 Å². The van der Waals surface area contributed by atoms with Crippen molar-refractivity contribution in [2.75, 3.05) is 11.9 Å². The van der Waals surface area contributed by atoms with Gasteiger partial charge in [0.2, 0.25) is 0 Å². The van der Waals surface area contributed by atoms with Crippen molar-refractivity contribution in [2.24, 2.45) is 0 Å². The zero-order valence-electron chi connectivity index (χ0n) is 12.0. The average molecular weight is 304 g/mol. The number of amides is 2. The van der Waals surface area contributed by atoms with Crippen molar-refractivity contribution >= 4 is 23.1 Å². The maximum atomic E-state index is 11.9. The van der Waals surface area contributed by atoms with Crippen LogP contribution in [0.15, 0.2) is 47.2 Å². The minimum Gasteiger partial charge on any atom is -0.393 e. The van der Waals surface area contributed by atoms with Gasteiger partial charge in [-0.1, -0.05) is 30.3 Å². The molecule has 1 heterocycles. The number of rotatable bonds is 6. The molecule has 112 valence electrons. The fourth-order valence-corrected chi connectivity index (χ4v) is 2.79. The van der Waals surface area contributed by atoms with Gasteiger partial charge in [-0.2, -0.15) is 11.3 Å². The second-order valence-corrected chi connectivity index (χ2v) is 5.82. The first-order chi connectivity index (χ1) is 10.1. The van der Waals surface area contributed by atoms with Gasteiger partial charge in [0.15, 0.2) is 0 Å². The summed E-state index contributed by atoms with van der Waals surface area (Å²) in [7, 11) is 0. The topological polar surface area (TPSA) is 61.4 Å². The molecule has 1 aromatic heterocycles. The smallest absolute Gasteiger partial charge is 0.319 e. The first-order valence-electron chi connectivity index (χ1n) is 6.95. The number of carbonyl (C=O) groups is 1. The molecule has 1 aromatic carbocycles. The molecule has 2 atom stereocenters. The summed E-state index contributed by atoms with van der Waals surface area (Å²) >= 11 is 1.54. The Balaban J connectivity index is 1.91. The summed E-state index contributed by atoms with van der Waals surface area (Å²) in [5, 5.41) is 19.1. The molecule has 0 spiro atoms. The Morgan fingerprint density at radius 1 is 1.29 bits per heavy atom. The number of aliphatic hydroxyl groups excluding tert-OH is 1.